The third-order valence-electron chi connectivity index (χ3n) is 4.12. The number of carbonyl (C=O) groups is 1. The molecule has 1 aliphatic heterocycles. The molecule has 1 aliphatic rings. The summed E-state index contributed by atoms with van der Waals surface area (Å²) in [6.07, 6.45) is 2.86. The molecule has 4 rings (SSSR count). The van der Waals surface area contributed by atoms with E-state index in [9.17, 15) is 4.79 Å². The molecule has 1 aromatic heterocycles. The summed E-state index contributed by atoms with van der Waals surface area (Å²) in [4.78, 5) is 12.6. The van der Waals surface area contributed by atoms with Crippen molar-refractivity contribution in [2.75, 3.05) is 11.9 Å². The van der Waals surface area contributed by atoms with E-state index in [0.717, 1.165) is 40.9 Å². The number of fused-ring (bicyclic) bond motifs is 2. The molecule has 110 valence electrons. The Morgan fingerprint density at radius 1 is 1.23 bits per heavy atom. The largest absolute Gasteiger partial charge is 0.493 e. The number of nitrogens with zero attached hydrogens (tertiary/aromatic N) is 1. The second-order valence-corrected chi connectivity index (χ2v) is 5.54. The van der Waals surface area contributed by atoms with Gasteiger partial charge in [0.15, 0.2) is 0 Å². The molecule has 1 amide bonds. The number of nitrogens with one attached hydrogen (secondary N) is 1. The fourth-order valence-corrected chi connectivity index (χ4v) is 2.96. The Balaban J connectivity index is 1.66. The summed E-state index contributed by atoms with van der Waals surface area (Å²) in [5.41, 5.74) is 3.70. The van der Waals surface area contributed by atoms with Crippen LogP contribution in [-0.2, 0) is 13.5 Å². The van der Waals surface area contributed by atoms with Gasteiger partial charge in [-0.15, -0.1) is 0 Å². The number of benzene rings is 2. The van der Waals surface area contributed by atoms with Crippen molar-refractivity contribution < 1.29 is 9.53 Å². The van der Waals surface area contributed by atoms with Crippen molar-refractivity contribution in [2.45, 2.75) is 6.42 Å². The monoisotopic (exact) mass is 292 g/mol. The van der Waals surface area contributed by atoms with E-state index in [1.165, 1.54) is 0 Å². The fraction of sp³-hybridized carbons (Fsp3) is 0.167. The number of rotatable bonds is 2. The van der Waals surface area contributed by atoms with Crippen LogP contribution in [0.5, 0.6) is 5.75 Å². The predicted octanol–water partition coefficient (Wildman–Crippen LogP) is 3.37. The molecule has 0 aliphatic carbocycles. The van der Waals surface area contributed by atoms with Gasteiger partial charge in [0.05, 0.1) is 6.61 Å². The first kappa shape index (κ1) is 13.0. The molecule has 4 heteroatoms. The molecule has 0 bridgehead atoms. The first-order valence-electron chi connectivity index (χ1n) is 7.33. The quantitative estimate of drug-likeness (QED) is 0.787. The maximum absolute atomic E-state index is 12.6. The van der Waals surface area contributed by atoms with Gasteiger partial charge < -0.3 is 14.6 Å². The highest BCUT2D eigenvalue weighted by atomic mass is 16.5. The summed E-state index contributed by atoms with van der Waals surface area (Å²) in [7, 11) is 1.98. The highest BCUT2D eigenvalue weighted by molar-refractivity contribution is 6.12. The van der Waals surface area contributed by atoms with Crippen LogP contribution < -0.4 is 10.1 Å². The minimum atomic E-state index is -0.0873. The van der Waals surface area contributed by atoms with Crippen molar-refractivity contribution >= 4 is 22.5 Å². The Hall–Kier alpha value is -2.75. The Morgan fingerprint density at radius 3 is 3.05 bits per heavy atom. The number of amides is 1. The van der Waals surface area contributed by atoms with Crippen LogP contribution in [0.3, 0.4) is 0 Å². The van der Waals surface area contributed by atoms with Gasteiger partial charge in [0, 0.05) is 41.8 Å². The molecular weight excluding hydrogens is 276 g/mol. The first-order valence-corrected chi connectivity index (χ1v) is 7.33. The SMILES string of the molecule is Cn1ccc2c(C(=O)Nc3ccc4c(c3)CCO4)cccc21. The van der Waals surface area contributed by atoms with E-state index in [1.807, 2.05) is 60.3 Å². The summed E-state index contributed by atoms with van der Waals surface area (Å²) in [5.74, 6) is 0.832. The van der Waals surface area contributed by atoms with E-state index in [0.29, 0.717) is 5.56 Å². The zero-order valence-electron chi connectivity index (χ0n) is 12.3. The number of aromatic nitrogens is 1. The number of aryl methyl sites for hydroxylation is 1. The Morgan fingerprint density at radius 2 is 2.14 bits per heavy atom. The predicted molar refractivity (Wildman–Crippen MR) is 86.5 cm³/mol. The van der Waals surface area contributed by atoms with Crippen molar-refractivity contribution in [1.29, 1.82) is 0 Å². The van der Waals surface area contributed by atoms with Crippen molar-refractivity contribution in [3.8, 4) is 5.75 Å². The Labute approximate surface area is 128 Å². The van der Waals surface area contributed by atoms with Crippen LogP contribution in [0.1, 0.15) is 15.9 Å². The van der Waals surface area contributed by atoms with E-state index in [1.54, 1.807) is 0 Å². The van der Waals surface area contributed by atoms with Crippen LogP contribution in [0.4, 0.5) is 5.69 Å². The second-order valence-electron chi connectivity index (χ2n) is 5.54. The number of hydrogen-bond donors (Lipinski definition) is 1. The standard InChI is InChI=1S/C18H16N2O2/c1-20-9-7-14-15(3-2-4-16(14)20)18(21)19-13-5-6-17-12(11-13)8-10-22-17/h2-7,9,11H,8,10H2,1H3,(H,19,21). The number of ether oxygens (including phenoxy) is 1. The van der Waals surface area contributed by atoms with Crippen LogP contribution in [-0.4, -0.2) is 17.1 Å². The molecule has 0 atom stereocenters. The normalized spacial score (nSPS) is 13.0. The van der Waals surface area contributed by atoms with E-state index in [4.69, 9.17) is 4.74 Å². The topological polar surface area (TPSA) is 43.3 Å². The second kappa shape index (κ2) is 4.91. The molecule has 22 heavy (non-hydrogen) atoms. The van der Waals surface area contributed by atoms with Gasteiger partial charge in [-0.2, -0.15) is 0 Å². The molecule has 0 unspecified atom stereocenters. The smallest absolute Gasteiger partial charge is 0.256 e. The first-order chi connectivity index (χ1) is 10.7. The minimum Gasteiger partial charge on any atom is -0.493 e. The van der Waals surface area contributed by atoms with Gasteiger partial charge in [0.25, 0.3) is 5.91 Å². The third kappa shape index (κ3) is 2.04. The summed E-state index contributed by atoms with van der Waals surface area (Å²) in [6, 6.07) is 13.5. The van der Waals surface area contributed by atoms with E-state index < -0.39 is 0 Å². The summed E-state index contributed by atoms with van der Waals surface area (Å²) in [6.45, 7) is 0.718. The highest BCUT2D eigenvalue weighted by Gasteiger charge is 2.15. The van der Waals surface area contributed by atoms with Gasteiger partial charge in [-0.05, 0) is 42.0 Å². The van der Waals surface area contributed by atoms with Crippen molar-refractivity contribution in [1.82, 2.24) is 4.57 Å². The number of carbonyl (C=O) groups excluding carboxylic acids is 1. The third-order valence-corrected chi connectivity index (χ3v) is 4.12. The van der Waals surface area contributed by atoms with E-state index in [-0.39, 0.29) is 5.91 Å². The van der Waals surface area contributed by atoms with Gasteiger partial charge >= 0.3 is 0 Å². The maximum atomic E-state index is 12.6. The average Bonchev–Trinajstić information content (AvgIpc) is 3.13. The number of anilines is 1. The molecular formula is C18H16N2O2. The lowest BCUT2D eigenvalue weighted by atomic mass is 10.1. The lowest BCUT2D eigenvalue weighted by molar-refractivity contribution is 0.102. The zero-order valence-corrected chi connectivity index (χ0v) is 12.3. The molecule has 2 aromatic carbocycles. The summed E-state index contributed by atoms with van der Waals surface area (Å²) < 4.78 is 7.50. The molecule has 3 aromatic rings. The lowest BCUT2D eigenvalue weighted by Gasteiger charge is -2.08. The minimum absolute atomic E-state index is 0.0873. The van der Waals surface area contributed by atoms with Crippen molar-refractivity contribution in [2.24, 2.45) is 7.05 Å². The highest BCUT2D eigenvalue weighted by Crippen LogP contribution is 2.28. The molecule has 0 saturated heterocycles. The van der Waals surface area contributed by atoms with E-state index >= 15 is 0 Å². The molecule has 0 saturated carbocycles. The fourth-order valence-electron chi connectivity index (χ4n) is 2.96. The molecule has 1 N–H and O–H groups in total. The Bertz CT molecular complexity index is 880. The van der Waals surface area contributed by atoms with E-state index in [2.05, 4.69) is 5.32 Å². The van der Waals surface area contributed by atoms with Crippen LogP contribution >= 0.6 is 0 Å². The summed E-state index contributed by atoms with van der Waals surface area (Å²) in [5, 5.41) is 3.95. The number of hydrogen-bond acceptors (Lipinski definition) is 2. The van der Waals surface area contributed by atoms with Gasteiger partial charge in [-0.25, -0.2) is 0 Å². The lowest BCUT2D eigenvalue weighted by Crippen LogP contribution is -2.12. The maximum Gasteiger partial charge on any atom is 0.256 e. The average molecular weight is 292 g/mol. The van der Waals surface area contributed by atoms with Crippen LogP contribution in [0.25, 0.3) is 10.9 Å². The Kier molecular flexibility index (Phi) is 2.89. The molecule has 0 fully saturated rings. The van der Waals surface area contributed by atoms with Crippen LogP contribution in [0, 0.1) is 0 Å². The molecule has 0 radical (unpaired) electrons. The van der Waals surface area contributed by atoms with Crippen molar-refractivity contribution in [3.05, 3.63) is 59.8 Å². The van der Waals surface area contributed by atoms with Crippen LogP contribution in [0.2, 0.25) is 0 Å². The van der Waals surface area contributed by atoms with Gasteiger partial charge in [0.1, 0.15) is 5.75 Å². The molecule has 4 nitrogen and oxygen atoms in total. The molecule has 0 spiro atoms. The van der Waals surface area contributed by atoms with Crippen LogP contribution in [0.15, 0.2) is 48.7 Å². The zero-order chi connectivity index (χ0) is 15.1. The van der Waals surface area contributed by atoms with Gasteiger partial charge in [0.2, 0.25) is 0 Å². The summed E-state index contributed by atoms with van der Waals surface area (Å²) >= 11 is 0. The van der Waals surface area contributed by atoms with Gasteiger partial charge in [-0.3, -0.25) is 4.79 Å². The molecule has 2 heterocycles. The van der Waals surface area contributed by atoms with Crippen molar-refractivity contribution in [3.63, 3.8) is 0 Å². The van der Waals surface area contributed by atoms with Gasteiger partial charge in [-0.1, -0.05) is 6.07 Å².